The van der Waals surface area contributed by atoms with Gasteiger partial charge in [0.25, 0.3) is 0 Å². The lowest BCUT2D eigenvalue weighted by atomic mass is 10.1. The molecule has 2 heterocycles. The van der Waals surface area contributed by atoms with E-state index in [1.54, 1.807) is 7.11 Å². The molecule has 0 aliphatic heterocycles. The number of rotatable bonds is 7. The lowest BCUT2D eigenvalue weighted by Crippen LogP contribution is -1.96. The predicted molar refractivity (Wildman–Crippen MR) is 130 cm³/mol. The zero-order valence-corrected chi connectivity index (χ0v) is 19.2. The molecule has 0 aliphatic carbocycles. The smallest absolute Gasteiger partial charge is 0.174 e. The molecule has 4 N–H and O–H groups in total. The molecule has 0 saturated carbocycles. The maximum atomic E-state index is 5.67. The van der Waals surface area contributed by atoms with Gasteiger partial charge in [0.2, 0.25) is 0 Å². The number of nitrogens with one attached hydrogen (secondary N) is 4. The predicted octanol–water partition coefficient (Wildman–Crippen LogP) is 6.67. The number of benzene rings is 2. The van der Waals surface area contributed by atoms with Gasteiger partial charge in [0, 0.05) is 23.5 Å². The zero-order chi connectivity index (χ0) is 22.1. The van der Waals surface area contributed by atoms with Crippen LogP contribution in [0.4, 0.5) is 0 Å². The quantitative estimate of drug-likeness (QED) is 0.186. The fraction of sp³-hybridized carbons (Fsp3) is 0.217. The molecule has 4 aromatic rings. The van der Waals surface area contributed by atoms with Gasteiger partial charge in [-0.1, -0.05) is 37.6 Å². The summed E-state index contributed by atoms with van der Waals surface area (Å²) in [5.41, 5.74) is 4.08. The van der Waals surface area contributed by atoms with E-state index in [4.69, 9.17) is 33.9 Å². The first-order valence-electron chi connectivity index (χ1n) is 10.0. The van der Waals surface area contributed by atoms with Crippen LogP contribution in [-0.2, 0) is 0 Å². The van der Waals surface area contributed by atoms with Gasteiger partial charge in [0.15, 0.2) is 9.54 Å². The highest BCUT2D eigenvalue weighted by molar-refractivity contribution is 7.71. The summed E-state index contributed by atoms with van der Waals surface area (Å²) in [5.74, 6) is 1.74. The molecule has 0 amide bonds. The second-order valence-electron chi connectivity index (χ2n) is 6.77. The number of imidazole rings is 2. The minimum atomic E-state index is 0.628. The van der Waals surface area contributed by atoms with Crippen LogP contribution in [0.3, 0.4) is 0 Å². The number of ether oxygens (including phenoxy) is 2. The molecule has 0 aliphatic rings. The molecule has 0 radical (unpaired) electrons. The van der Waals surface area contributed by atoms with Crippen molar-refractivity contribution in [3.63, 3.8) is 0 Å². The molecule has 2 aromatic carbocycles. The number of hydrogen-bond acceptors (Lipinski definition) is 4. The second kappa shape index (κ2) is 11.3. The van der Waals surface area contributed by atoms with Gasteiger partial charge < -0.3 is 29.4 Å². The molecule has 4 rings (SSSR count). The van der Waals surface area contributed by atoms with E-state index < -0.39 is 0 Å². The van der Waals surface area contributed by atoms with Crippen molar-refractivity contribution in [1.29, 1.82) is 0 Å². The largest absolute Gasteiger partial charge is 0.497 e. The van der Waals surface area contributed by atoms with Gasteiger partial charge in [-0.15, -0.1) is 0 Å². The average molecular weight is 455 g/mol. The van der Waals surface area contributed by atoms with Gasteiger partial charge in [0.05, 0.1) is 25.1 Å². The number of methoxy groups -OCH3 is 1. The summed E-state index contributed by atoms with van der Waals surface area (Å²) in [6.07, 6.45) is 5.94. The Morgan fingerprint density at radius 3 is 1.84 bits per heavy atom. The van der Waals surface area contributed by atoms with E-state index in [1.165, 1.54) is 0 Å². The summed E-state index contributed by atoms with van der Waals surface area (Å²) in [5, 5.41) is 0. The van der Waals surface area contributed by atoms with Crippen molar-refractivity contribution in [3.8, 4) is 34.0 Å². The van der Waals surface area contributed by atoms with Crippen molar-refractivity contribution in [2.75, 3.05) is 13.7 Å². The van der Waals surface area contributed by atoms with Crippen LogP contribution in [0.2, 0.25) is 0 Å². The van der Waals surface area contributed by atoms with Crippen LogP contribution in [-0.4, -0.2) is 33.7 Å². The fourth-order valence-electron chi connectivity index (χ4n) is 2.85. The minimum absolute atomic E-state index is 0.628. The standard InChI is InChI=1S/C13H16N2OS.C10H10N2OS/c1-2-3-7-16-11-6-4-5-10(8-11)12-9-14-13(17)15-12;1-13-8-4-2-3-7(5-8)9-6-11-10(14)12-9/h4-6,8-9H,2-3,7H2,1H3,(H2,14,15,17);2-6H,1H3,(H2,11,12,14). The number of aromatic amines is 4. The minimum Gasteiger partial charge on any atom is -0.497 e. The summed E-state index contributed by atoms with van der Waals surface area (Å²) < 4.78 is 12.1. The molecule has 6 nitrogen and oxygen atoms in total. The Bertz CT molecular complexity index is 1210. The van der Waals surface area contributed by atoms with Gasteiger partial charge in [-0.05, 0) is 55.1 Å². The molecular weight excluding hydrogens is 428 g/mol. The van der Waals surface area contributed by atoms with Crippen LogP contribution in [0.15, 0.2) is 60.9 Å². The summed E-state index contributed by atoms with van der Waals surface area (Å²) >= 11 is 9.96. The van der Waals surface area contributed by atoms with Crippen molar-refractivity contribution in [2.45, 2.75) is 19.8 Å². The van der Waals surface area contributed by atoms with E-state index in [9.17, 15) is 0 Å². The van der Waals surface area contributed by atoms with Crippen molar-refractivity contribution in [3.05, 3.63) is 70.5 Å². The first kappa shape index (κ1) is 22.6. The van der Waals surface area contributed by atoms with Crippen LogP contribution >= 0.6 is 24.4 Å². The fourth-order valence-corrected chi connectivity index (χ4v) is 3.19. The van der Waals surface area contributed by atoms with Crippen LogP contribution < -0.4 is 9.47 Å². The average Bonchev–Trinajstić information content (AvgIpc) is 3.43. The summed E-state index contributed by atoms with van der Waals surface area (Å²) in [7, 11) is 1.65. The van der Waals surface area contributed by atoms with Gasteiger partial charge in [0.1, 0.15) is 11.5 Å². The highest BCUT2D eigenvalue weighted by Gasteiger charge is 2.01. The van der Waals surface area contributed by atoms with Crippen LogP contribution in [0.5, 0.6) is 11.5 Å². The Balaban J connectivity index is 0.000000179. The summed E-state index contributed by atoms with van der Waals surface area (Å²) in [4.78, 5) is 12.0. The van der Waals surface area contributed by atoms with E-state index in [0.717, 1.165) is 53.5 Å². The van der Waals surface area contributed by atoms with Crippen LogP contribution in [0.25, 0.3) is 22.5 Å². The highest BCUT2D eigenvalue weighted by atomic mass is 32.1. The molecule has 31 heavy (non-hydrogen) atoms. The summed E-state index contributed by atoms with van der Waals surface area (Å²) in [6.45, 7) is 2.92. The maximum Gasteiger partial charge on any atom is 0.174 e. The van der Waals surface area contributed by atoms with E-state index >= 15 is 0 Å². The van der Waals surface area contributed by atoms with Gasteiger partial charge in [-0.3, -0.25) is 0 Å². The molecule has 8 heteroatoms. The van der Waals surface area contributed by atoms with Gasteiger partial charge in [-0.25, -0.2) is 0 Å². The van der Waals surface area contributed by atoms with Crippen molar-refractivity contribution in [1.82, 2.24) is 19.9 Å². The molecule has 2 aromatic heterocycles. The number of hydrogen-bond donors (Lipinski definition) is 4. The maximum absolute atomic E-state index is 5.67. The Morgan fingerprint density at radius 2 is 1.35 bits per heavy atom. The Morgan fingerprint density at radius 1 is 0.806 bits per heavy atom. The normalized spacial score (nSPS) is 10.3. The molecule has 0 fully saturated rings. The van der Waals surface area contributed by atoms with E-state index in [0.29, 0.717) is 9.54 Å². The van der Waals surface area contributed by atoms with Crippen LogP contribution in [0.1, 0.15) is 19.8 Å². The molecule has 162 valence electrons. The third-order valence-electron chi connectivity index (χ3n) is 4.48. The molecule has 0 bridgehead atoms. The van der Waals surface area contributed by atoms with E-state index in [2.05, 4.69) is 26.9 Å². The molecular formula is C23H26N4O2S2. The number of aromatic nitrogens is 4. The van der Waals surface area contributed by atoms with E-state index in [-0.39, 0.29) is 0 Å². The number of H-pyrrole nitrogens is 4. The Hall–Kier alpha value is -3.10. The molecule has 0 saturated heterocycles. The lowest BCUT2D eigenvalue weighted by molar-refractivity contribution is 0.309. The monoisotopic (exact) mass is 454 g/mol. The molecule has 0 atom stereocenters. The lowest BCUT2D eigenvalue weighted by Gasteiger charge is -2.06. The third-order valence-corrected chi connectivity index (χ3v) is 4.92. The van der Waals surface area contributed by atoms with Gasteiger partial charge >= 0.3 is 0 Å². The molecule has 0 spiro atoms. The third kappa shape index (κ3) is 6.70. The second-order valence-corrected chi connectivity index (χ2v) is 7.59. The SMILES string of the molecule is CCCCOc1cccc(-c2c[nH]c(=S)[nH]2)c1.COc1cccc(-c2c[nH]c(=S)[nH]2)c1. The topological polar surface area (TPSA) is 81.6 Å². The summed E-state index contributed by atoms with van der Waals surface area (Å²) in [6, 6.07) is 15.8. The first-order chi connectivity index (χ1) is 15.1. The van der Waals surface area contributed by atoms with Crippen molar-refractivity contribution >= 4 is 24.4 Å². The Kier molecular flexibility index (Phi) is 8.26. The zero-order valence-electron chi connectivity index (χ0n) is 17.5. The highest BCUT2D eigenvalue weighted by Crippen LogP contribution is 2.22. The van der Waals surface area contributed by atoms with Crippen molar-refractivity contribution < 1.29 is 9.47 Å². The first-order valence-corrected chi connectivity index (χ1v) is 10.8. The van der Waals surface area contributed by atoms with E-state index in [1.807, 2.05) is 60.9 Å². The number of unbranched alkanes of at least 4 members (excludes halogenated alkanes) is 1. The Labute approximate surface area is 191 Å². The van der Waals surface area contributed by atoms with Crippen LogP contribution in [0, 0.1) is 9.54 Å². The molecule has 0 unspecified atom stereocenters. The van der Waals surface area contributed by atoms with Gasteiger partial charge in [-0.2, -0.15) is 0 Å². The van der Waals surface area contributed by atoms with Crippen molar-refractivity contribution in [2.24, 2.45) is 0 Å².